The molecule has 25 heteroatoms. The Bertz CT molecular complexity index is 2980. The van der Waals surface area contributed by atoms with Gasteiger partial charge in [-0.3, -0.25) is 33.6 Å². The SMILES string of the molecule is CCOC(=O)C(=O)N1CCN(C(=O)c2cc3ccccc3[nH]2)CC1.C[C@H](NC(=O)C(=O)N1CCN(C(=O)c2cc3ccccc3[nH]2)CC1)C(F)(F)F.O=C([O-])C(=O)N1CCN(C(=O)c2cc3ccccc3[nH]2)CC1.[K+]. The van der Waals surface area contributed by atoms with Gasteiger partial charge in [0.2, 0.25) is 0 Å². The summed E-state index contributed by atoms with van der Waals surface area (Å²) < 4.78 is 42.2. The second kappa shape index (κ2) is 25.4. The van der Waals surface area contributed by atoms with Crippen LogP contribution in [0.2, 0.25) is 0 Å². The van der Waals surface area contributed by atoms with Crippen LogP contribution in [-0.4, -0.2) is 195 Å². The average molecular weight is 1070 g/mol. The fraction of sp³-hybridized carbons (Fsp3) is 0.340. The van der Waals surface area contributed by atoms with E-state index in [9.17, 15) is 61.4 Å². The average Bonchev–Trinajstić information content (AvgIpc) is 4.18. The van der Waals surface area contributed by atoms with Crippen molar-refractivity contribution in [2.45, 2.75) is 26.1 Å². The van der Waals surface area contributed by atoms with E-state index < -0.39 is 47.8 Å². The minimum atomic E-state index is -4.62. The van der Waals surface area contributed by atoms with Crippen molar-refractivity contribution in [1.82, 2.24) is 49.7 Å². The number of halogens is 3. The normalized spacial score (nSPS) is 15.2. The van der Waals surface area contributed by atoms with Crippen LogP contribution < -0.4 is 61.8 Å². The summed E-state index contributed by atoms with van der Waals surface area (Å²) in [4.78, 5) is 124. The number of alkyl halides is 3. The third-order valence-electron chi connectivity index (χ3n) is 12.5. The molecular weight excluding hydrogens is 1010 g/mol. The van der Waals surface area contributed by atoms with Gasteiger partial charge < -0.3 is 64.3 Å². The van der Waals surface area contributed by atoms with Crippen LogP contribution in [0.4, 0.5) is 13.2 Å². The number of esters is 1. The van der Waals surface area contributed by atoms with Gasteiger partial charge in [-0.1, -0.05) is 54.6 Å². The summed E-state index contributed by atoms with van der Waals surface area (Å²) in [6, 6.07) is 26.0. The van der Waals surface area contributed by atoms with Gasteiger partial charge in [0, 0.05) is 111 Å². The molecule has 21 nitrogen and oxygen atoms in total. The molecule has 6 heterocycles. The molecule has 3 fully saturated rings. The number of carbonyl (C=O) groups is 9. The van der Waals surface area contributed by atoms with E-state index in [-0.39, 0.29) is 115 Å². The van der Waals surface area contributed by atoms with Gasteiger partial charge in [0.25, 0.3) is 23.6 Å². The van der Waals surface area contributed by atoms with Gasteiger partial charge in [-0.05, 0) is 50.2 Å². The number of piperazine rings is 3. The second-order valence-corrected chi connectivity index (χ2v) is 17.3. The number of ether oxygens (including phenoxy) is 1. The first kappa shape index (κ1) is 57.2. The van der Waals surface area contributed by atoms with Crippen LogP contribution in [0.15, 0.2) is 91.0 Å². The maximum absolute atomic E-state index is 12.6. The number of aromatic amines is 3. The van der Waals surface area contributed by atoms with Crippen LogP contribution in [0.25, 0.3) is 32.7 Å². The van der Waals surface area contributed by atoms with Crippen molar-refractivity contribution in [1.29, 1.82) is 0 Å². The predicted molar refractivity (Wildman–Crippen MR) is 258 cm³/mol. The van der Waals surface area contributed by atoms with Gasteiger partial charge in [-0.15, -0.1) is 0 Å². The molecule has 0 unspecified atom stereocenters. The Morgan fingerprint density at radius 1 is 0.533 bits per heavy atom. The molecule has 75 heavy (non-hydrogen) atoms. The van der Waals surface area contributed by atoms with Gasteiger partial charge >= 0.3 is 81.3 Å². The molecule has 3 saturated heterocycles. The van der Waals surface area contributed by atoms with Crippen molar-refractivity contribution >= 4 is 86.0 Å². The molecule has 6 aromatic rings. The first-order valence-corrected chi connectivity index (χ1v) is 23.6. The quantitative estimate of drug-likeness (QED) is 0.0900. The molecule has 4 N–H and O–H groups in total. The summed E-state index contributed by atoms with van der Waals surface area (Å²) in [6.07, 6.45) is -4.62. The predicted octanol–water partition coefficient (Wildman–Crippen LogP) is -1.26. The van der Waals surface area contributed by atoms with Crippen molar-refractivity contribution in [3.05, 3.63) is 108 Å². The zero-order valence-electron chi connectivity index (χ0n) is 41.2. The molecule has 0 radical (unpaired) electrons. The number of aliphatic carboxylic acids is 1. The number of amides is 7. The number of hydrogen-bond donors (Lipinski definition) is 4. The summed E-state index contributed by atoms with van der Waals surface area (Å²) in [5, 5.41) is 15.0. The number of benzene rings is 3. The minimum absolute atomic E-state index is 0. The first-order chi connectivity index (χ1) is 35.3. The van der Waals surface area contributed by atoms with E-state index in [2.05, 4.69) is 15.0 Å². The Kier molecular flexibility index (Phi) is 19.4. The number of fused-ring (bicyclic) bond motifs is 3. The number of carboxylic acids is 1. The summed E-state index contributed by atoms with van der Waals surface area (Å²) in [6.45, 7) is 5.50. The number of nitrogens with one attached hydrogen (secondary N) is 4. The van der Waals surface area contributed by atoms with Crippen LogP contribution in [0.5, 0.6) is 0 Å². The molecule has 390 valence electrons. The van der Waals surface area contributed by atoms with Gasteiger partial charge in [-0.25, -0.2) is 4.79 Å². The maximum Gasteiger partial charge on any atom is 1.00 e. The molecule has 3 aromatic carbocycles. The Morgan fingerprint density at radius 2 is 0.840 bits per heavy atom. The molecule has 7 amide bonds. The maximum atomic E-state index is 12.6. The molecule has 3 aliphatic heterocycles. The molecule has 0 bridgehead atoms. The fourth-order valence-electron chi connectivity index (χ4n) is 8.35. The number of para-hydroxylation sites is 3. The number of carboxylic acid groups (broad SMARTS) is 1. The minimum Gasteiger partial charge on any atom is -0.540 e. The van der Waals surface area contributed by atoms with Gasteiger partial charge in [-0.2, -0.15) is 13.2 Å². The number of carbonyl (C=O) groups excluding carboxylic acids is 9. The van der Waals surface area contributed by atoms with E-state index in [0.29, 0.717) is 56.4 Å². The van der Waals surface area contributed by atoms with E-state index in [1.165, 1.54) is 14.7 Å². The second-order valence-electron chi connectivity index (χ2n) is 17.3. The summed E-state index contributed by atoms with van der Waals surface area (Å²) in [7, 11) is 0. The monoisotopic (exact) mass is 1060 g/mol. The summed E-state index contributed by atoms with van der Waals surface area (Å²) in [5.41, 5.74) is 4.06. The van der Waals surface area contributed by atoms with Crippen LogP contribution in [0, 0.1) is 0 Å². The number of rotatable bonds is 5. The van der Waals surface area contributed by atoms with Crippen molar-refractivity contribution < 1.29 is 118 Å². The Hall–Kier alpha value is -7.06. The zero-order valence-corrected chi connectivity index (χ0v) is 44.4. The molecule has 1 atom stereocenters. The fourth-order valence-corrected chi connectivity index (χ4v) is 8.35. The molecule has 3 aromatic heterocycles. The molecule has 9 rings (SSSR count). The number of H-pyrrole nitrogens is 3. The van der Waals surface area contributed by atoms with Crippen LogP contribution in [0.3, 0.4) is 0 Å². The smallest absolute Gasteiger partial charge is 0.540 e. The first-order valence-electron chi connectivity index (χ1n) is 23.6. The van der Waals surface area contributed by atoms with E-state index in [4.69, 9.17) is 4.74 Å². The van der Waals surface area contributed by atoms with Gasteiger partial charge in [0.1, 0.15) is 29.1 Å². The standard InChI is InChI=1S/C18H19F3N4O3.C17H19N3O4.C15H15N3O4.K/c1-11(18(19,20)21)22-15(26)17(28)25-8-6-24(7-9-25)16(27)14-10-12-4-2-3-5-13(12)23-14;1-2-24-17(23)16(22)20-9-7-19(8-10-20)15(21)14-11-12-5-3-4-6-13(12)18-14;19-13(12-9-10-3-1-2-4-11(10)16-12)17-5-7-18(8-6-17)14(20)15(21)22;/h2-5,10-11,23H,6-9H2,1H3,(H,22,26);3-6,11,18H,2,7-10H2,1H3;1-4,9,16H,5-8H2,(H,21,22);/q;;;+1/p-1/t11-;;;/m0.../s1. The molecule has 0 spiro atoms. The molecular formula is C50H52F3KN10O11. The van der Waals surface area contributed by atoms with Crippen molar-refractivity contribution in [2.24, 2.45) is 0 Å². The van der Waals surface area contributed by atoms with Crippen molar-refractivity contribution in [2.75, 3.05) is 85.1 Å². The van der Waals surface area contributed by atoms with Gasteiger partial charge in [0.15, 0.2) is 0 Å². The van der Waals surface area contributed by atoms with Crippen molar-refractivity contribution in [3.8, 4) is 0 Å². The molecule has 0 saturated carbocycles. The Balaban J connectivity index is 0.000000183. The van der Waals surface area contributed by atoms with Crippen molar-refractivity contribution in [3.63, 3.8) is 0 Å². The number of nitrogens with zero attached hydrogens (tertiary/aromatic N) is 6. The summed E-state index contributed by atoms with van der Waals surface area (Å²) >= 11 is 0. The van der Waals surface area contributed by atoms with Crippen LogP contribution in [0.1, 0.15) is 45.3 Å². The zero-order chi connectivity index (χ0) is 53.3. The van der Waals surface area contributed by atoms with E-state index >= 15 is 0 Å². The third kappa shape index (κ3) is 14.2. The Morgan fingerprint density at radius 3 is 1.15 bits per heavy atom. The molecule has 3 aliphatic rings. The largest absolute Gasteiger partial charge is 1.00 e. The summed E-state index contributed by atoms with van der Waals surface area (Å²) in [5.74, 6) is -7.06. The molecule has 0 aliphatic carbocycles. The van der Waals surface area contributed by atoms with E-state index in [1.807, 2.05) is 78.9 Å². The number of hydrogen-bond acceptors (Lipinski definition) is 11. The van der Waals surface area contributed by atoms with Crippen LogP contribution >= 0.6 is 0 Å². The number of aromatic nitrogens is 3. The topological polar surface area (TPSA) is 265 Å². The third-order valence-corrected chi connectivity index (χ3v) is 12.5. The van der Waals surface area contributed by atoms with E-state index in [1.54, 1.807) is 34.2 Å². The van der Waals surface area contributed by atoms with Crippen LogP contribution in [-0.2, 0) is 33.5 Å². The van der Waals surface area contributed by atoms with E-state index in [0.717, 1.165) is 44.5 Å². The van der Waals surface area contributed by atoms with Gasteiger partial charge in [0.05, 0.1) is 6.61 Å². The Labute approximate surface area is 469 Å².